The molecule has 3 rings (SSSR count). The maximum atomic E-state index is 11.3. The van der Waals surface area contributed by atoms with Crippen molar-refractivity contribution in [3.63, 3.8) is 0 Å². The number of nitro groups is 1. The van der Waals surface area contributed by atoms with Crippen molar-refractivity contribution in [2.24, 2.45) is 0 Å². The minimum atomic E-state index is -0.413. The summed E-state index contributed by atoms with van der Waals surface area (Å²) in [5.74, 6) is 1.73. The van der Waals surface area contributed by atoms with Gasteiger partial charge in [0.25, 0.3) is 5.69 Å². The predicted molar refractivity (Wildman–Crippen MR) is 75.2 cm³/mol. The van der Waals surface area contributed by atoms with E-state index in [0.29, 0.717) is 30.4 Å². The molecular weight excluding hydrogens is 274 g/mol. The molecule has 0 saturated heterocycles. The van der Waals surface area contributed by atoms with E-state index in [1.807, 2.05) is 6.92 Å². The number of nitro benzene ring substituents is 1. The lowest BCUT2D eigenvalue weighted by molar-refractivity contribution is -0.384. The van der Waals surface area contributed by atoms with Crippen molar-refractivity contribution in [2.45, 2.75) is 19.8 Å². The van der Waals surface area contributed by atoms with Gasteiger partial charge in [0.1, 0.15) is 24.7 Å². The second kappa shape index (κ2) is 5.43. The molecule has 1 aliphatic heterocycles. The first-order chi connectivity index (χ1) is 10.2. The van der Waals surface area contributed by atoms with Crippen molar-refractivity contribution in [1.82, 2.24) is 9.55 Å². The molecule has 21 heavy (non-hydrogen) atoms. The van der Waals surface area contributed by atoms with E-state index < -0.39 is 4.92 Å². The summed E-state index contributed by atoms with van der Waals surface area (Å²) in [5, 5.41) is 11.3. The molecule has 0 radical (unpaired) electrons. The first-order valence-corrected chi connectivity index (χ1v) is 6.81. The van der Waals surface area contributed by atoms with Crippen LogP contribution in [0.2, 0.25) is 0 Å². The molecule has 2 aromatic rings. The quantitative estimate of drug-likeness (QED) is 0.638. The average Bonchev–Trinajstić information content (AvgIpc) is 2.94. The summed E-state index contributed by atoms with van der Waals surface area (Å²) in [7, 11) is 0. The number of aromatic nitrogens is 2. The Labute approximate surface area is 121 Å². The van der Waals surface area contributed by atoms with Gasteiger partial charge >= 0.3 is 0 Å². The van der Waals surface area contributed by atoms with Crippen LogP contribution in [0.25, 0.3) is 5.69 Å². The minimum Gasteiger partial charge on any atom is -0.486 e. The summed E-state index contributed by atoms with van der Waals surface area (Å²) in [6.45, 7) is 2.88. The van der Waals surface area contributed by atoms with Crippen molar-refractivity contribution >= 4 is 5.69 Å². The van der Waals surface area contributed by atoms with Gasteiger partial charge in [-0.05, 0) is 6.42 Å². The van der Waals surface area contributed by atoms with Crippen molar-refractivity contribution in [2.75, 3.05) is 13.2 Å². The molecule has 7 heteroatoms. The largest absolute Gasteiger partial charge is 0.486 e. The fourth-order valence-electron chi connectivity index (χ4n) is 2.37. The fourth-order valence-corrected chi connectivity index (χ4v) is 2.37. The molecule has 1 aromatic heterocycles. The molecule has 1 aliphatic rings. The predicted octanol–water partition coefficient (Wildman–Crippen LogP) is 2.50. The summed E-state index contributed by atoms with van der Waals surface area (Å²) in [4.78, 5) is 15.2. The van der Waals surface area contributed by atoms with Crippen LogP contribution in [-0.2, 0) is 6.42 Å². The first-order valence-electron chi connectivity index (χ1n) is 6.81. The smallest absolute Gasteiger partial charge is 0.297 e. The standard InChI is InChI=1S/C14H15N3O4/c1-2-3-14-15-4-5-16(14)10-8-12-13(21-7-6-20-12)9-11(10)17(18)19/h4-5,8-9H,2-3,6-7H2,1H3. The third-order valence-electron chi connectivity index (χ3n) is 3.29. The number of aryl methyl sites for hydroxylation is 1. The van der Waals surface area contributed by atoms with Crippen molar-refractivity contribution in [1.29, 1.82) is 0 Å². The molecule has 2 heterocycles. The Kier molecular flexibility index (Phi) is 3.47. The molecule has 7 nitrogen and oxygen atoms in total. The van der Waals surface area contributed by atoms with Gasteiger partial charge in [-0.3, -0.25) is 14.7 Å². The first kappa shape index (κ1) is 13.4. The Hall–Kier alpha value is -2.57. The highest BCUT2D eigenvalue weighted by atomic mass is 16.6. The van der Waals surface area contributed by atoms with E-state index in [-0.39, 0.29) is 5.69 Å². The highest BCUT2D eigenvalue weighted by Gasteiger charge is 2.24. The van der Waals surface area contributed by atoms with Gasteiger partial charge in [0, 0.05) is 24.9 Å². The lowest BCUT2D eigenvalue weighted by Crippen LogP contribution is -2.16. The molecule has 0 fully saturated rings. The molecular formula is C14H15N3O4. The van der Waals surface area contributed by atoms with Gasteiger partial charge in [0.05, 0.1) is 11.0 Å². The van der Waals surface area contributed by atoms with Crippen LogP contribution in [0.4, 0.5) is 5.69 Å². The van der Waals surface area contributed by atoms with Crippen LogP contribution in [0, 0.1) is 10.1 Å². The van der Waals surface area contributed by atoms with Gasteiger partial charge in [-0.2, -0.15) is 0 Å². The highest BCUT2D eigenvalue weighted by Crippen LogP contribution is 2.38. The van der Waals surface area contributed by atoms with Crippen molar-refractivity contribution < 1.29 is 14.4 Å². The lowest BCUT2D eigenvalue weighted by atomic mass is 10.2. The monoisotopic (exact) mass is 289 g/mol. The fraction of sp³-hybridized carbons (Fsp3) is 0.357. The summed E-state index contributed by atoms with van der Waals surface area (Å²) in [5.41, 5.74) is 0.430. The second-order valence-electron chi connectivity index (χ2n) is 4.71. The maximum Gasteiger partial charge on any atom is 0.297 e. The summed E-state index contributed by atoms with van der Waals surface area (Å²) < 4.78 is 12.7. The van der Waals surface area contributed by atoms with E-state index in [1.165, 1.54) is 6.07 Å². The van der Waals surface area contributed by atoms with Gasteiger partial charge < -0.3 is 9.47 Å². The van der Waals surface area contributed by atoms with E-state index in [0.717, 1.165) is 18.7 Å². The summed E-state index contributed by atoms with van der Waals surface area (Å²) in [6, 6.07) is 3.06. The Balaban J connectivity index is 2.15. The topological polar surface area (TPSA) is 79.4 Å². The number of benzene rings is 1. The highest BCUT2D eigenvalue weighted by molar-refractivity contribution is 5.62. The van der Waals surface area contributed by atoms with E-state index >= 15 is 0 Å². The maximum absolute atomic E-state index is 11.3. The number of nitrogens with zero attached hydrogens (tertiary/aromatic N) is 3. The zero-order valence-corrected chi connectivity index (χ0v) is 11.6. The Morgan fingerprint density at radius 3 is 2.71 bits per heavy atom. The summed E-state index contributed by atoms with van der Waals surface area (Å²) >= 11 is 0. The Morgan fingerprint density at radius 2 is 2.05 bits per heavy atom. The van der Waals surface area contributed by atoms with E-state index in [1.54, 1.807) is 23.0 Å². The van der Waals surface area contributed by atoms with Gasteiger partial charge in [0.15, 0.2) is 11.5 Å². The van der Waals surface area contributed by atoms with Crippen LogP contribution in [0.15, 0.2) is 24.5 Å². The molecule has 110 valence electrons. The van der Waals surface area contributed by atoms with Crippen LogP contribution in [0.3, 0.4) is 0 Å². The minimum absolute atomic E-state index is 0.0189. The average molecular weight is 289 g/mol. The molecule has 1 aromatic carbocycles. The number of hydrogen-bond donors (Lipinski definition) is 0. The van der Waals surface area contributed by atoms with E-state index in [9.17, 15) is 10.1 Å². The number of hydrogen-bond acceptors (Lipinski definition) is 5. The van der Waals surface area contributed by atoms with Gasteiger partial charge in [-0.1, -0.05) is 6.92 Å². The number of fused-ring (bicyclic) bond motifs is 1. The molecule has 0 N–H and O–H groups in total. The molecule has 0 saturated carbocycles. The van der Waals surface area contributed by atoms with E-state index in [4.69, 9.17) is 9.47 Å². The molecule has 0 aliphatic carbocycles. The van der Waals surface area contributed by atoms with Gasteiger partial charge in [-0.25, -0.2) is 4.98 Å². The number of ether oxygens (including phenoxy) is 2. The molecule has 0 unspecified atom stereocenters. The SMILES string of the molecule is CCCc1nccn1-c1cc2c(cc1[N+](=O)[O-])OCCO2. The van der Waals surface area contributed by atoms with Crippen LogP contribution < -0.4 is 9.47 Å². The van der Waals surface area contributed by atoms with Crippen molar-refractivity contribution in [3.05, 3.63) is 40.5 Å². The zero-order valence-electron chi connectivity index (χ0n) is 11.6. The van der Waals surface area contributed by atoms with Gasteiger partial charge in [-0.15, -0.1) is 0 Å². The number of imidazole rings is 1. The van der Waals surface area contributed by atoms with Crippen LogP contribution in [0.5, 0.6) is 11.5 Å². The van der Waals surface area contributed by atoms with Crippen molar-refractivity contribution in [3.8, 4) is 17.2 Å². The van der Waals surface area contributed by atoms with Crippen LogP contribution >= 0.6 is 0 Å². The van der Waals surface area contributed by atoms with Crippen LogP contribution in [0.1, 0.15) is 19.2 Å². The lowest BCUT2D eigenvalue weighted by Gasteiger charge is -2.19. The molecule has 0 amide bonds. The normalized spacial score (nSPS) is 13.2. The second-order valence-corrected chi connectivity index (χ2v) is 4.71. The van der Waals surface area contributed by atoms with Crippen LogP contribution in [-0.4, -0.2) is 27.7 Å². The molecule has 0 atom stereocenters. The zero-order chi connectivity index (χ0) is 14.8. The Morgan fingerprint density at radius 1 is 1.33 bits per heavy atom. The molecule has 0 spiro atoms. The van der Waals surface area contributed by atoms with Gasteiger partial charge in [0.2, 0.25) is 0 Å². The Bertz CT molecular complexity index is 681. The van der Waals surface area contributed by atoms with E-state index in [2.05, 4.69) is 4.98 Å². The number of rotatable bonds is 4. The molecule has 0 bridgehead atoms. The summed E-state index contributed by atoms with van der Waals surface area (Å²) in [6.07, 6.45) is 5.03. The third-order valence-corrected chi connectivity index (χ3v) is 3.29. The third kappa shape index (κ3) is 2.42.